The van der Waals surface area contributed by atoms with Gasteiger partial charge in [0.15, 0.2) is 0 Å². The molecule has 2 rings (SSSR count). The Morgan fingerprint density at radius 1 is 1.09 bits per heavy atom. The molecule has 1 aromatic rings. The monoisotopic (exact) mass is 161 g/mol. The van der Waals surface area contributed by atoms with Crippen LogP contribution in [-0.2, 0) is 12.8 Å². The van der Waals surface area contributed by atoms with Crippen LogP contribution in [0.5, 0.6) is 0 Å². The Morgan fingerprint density at radius 3 is 2.27 bits per heavy atom. The molecule has 0 saturated carbocycles. The van der Waals surface area contributed by atoms with Gasteiger partial charge in [-0.2, -0.15) is 18.3 Å². The topological polar surface area (TPSA) is 0 Å². The van der Waals surface area contributed by atoms with Gasteiger partial charge in [0.2, 0.25) is 0 Å². The van der Waals surface area contributed by atoms with Crippen molar-refractivity contribution in [3.63, 3.8) is 0 Å². The fourth-order valence-corrected chi connectivity index (χ4v) is 2.39. The first kappa shape index (κ1) is 7.11. The van der Waals surface area contributed by atoms with E-state index < -0.39 is 0 Å². The van der Waals surface area contributed by atoms with Crippen LogP contribution in [0.25, 0.3) is 0 Å². The fraction of sp³-hybridized carbons (Fsp3) is 0.400. The van der Waals surface area contributed by atoms with E-state index in [0.717, 1.165) is 0 Å². The lowest BCUT2D eigenvalue weighted by molar-refractivity contribution is 0.841. The van der Waals surface area contributed by atoms with Crippen LogP contribution in [0, 0.1) is 0 Å². The number of hydrogen-bond donors (Lipinski definition) is 0. The Bertz CT molecular complexity index is 276. The summed E-state index contributed by atoms with van der Waals surface area (Å²) >= 11 is 0. The maximum Gasteiger partial charge on any atom is -0.0235 e. The molecule has 0 amide bonds. The summed E-state index contributed by atoms with van der Waals surface area (Å²) in [4.78, 5) is 0. The van der Waals surface area contributed by atoms with Crippen LogP contribution >= 0.6 is 0 Å². The maximum absolute atomic E-state index is 2.41. The normalized spacial score (nSPS) is 13.6. The predicted molar refractivity (Wildman–Crippen MR) is 51.0 cm³/mol. The zero-order valence-corrected chi connectivity index (χ0v) is 8.15. The molecular formula is C10H13Si-. The van der Waals surface area contributed by atoms with E-state index in [1.807, 2.05) is 0 Å². The minimum absolute atomic E-state index is 0.217. The maximum atomic E-state index is 2.41. The fourth-order valence-electron chi connectivity index (χ4n) is 1.51. The third-order valence-corrected chi connectivity index (χ3v) is 3.91. The molecule has 1 aromatic carbocycles. The van der Waals surface area contributed by atoms with Gasteiger partial charge in [0.25, 0.3) is 0 Å². The number of hydrogen-bond acceptors (Lipinski definition) is 0. The van der Waals surface area contributed by atoms with Crippen molar-refractivity contribution >= 4 is 14.0 Å². The SMILES string of the molecule is C[Si-](C)c1ccc2c(c1)CC2. The highest BCUT2D eigenvalue weighted by molar-refractivity contribution is 6.70. The third-order valence-electron chi connectivity index (χ3n) is 2.45. The Kier molecular flexibility index (Phi) is 1.61. The van der Waals surface area contributed by atoms with Crippen LogP contribution < -0.4 is 5.19 Å². The minimum Gasteiger partial charge on any atom is -0.292 e. The molecule has 0 saturated heterocycles. The van der Waals surface area contributed by atoms with E-state index in [4.69, 9.17) is 0 Å². The zero-order valence-electron chi connectivity index (χ0n) is 7.15. The smallest absolute Gasteiger partial charge is 0.0235 e. The van der Waals surface area contributed by atoms with E-state index in [1.165, 1.54) is 12.8 Å². The molecule has 0 atom stereocenters. The molecule has 0 unspecified atom stereocenters. The average Bonchev–Trinajstić information content (AvgIpc) is 1.91. The van der Waals surface area contributed by atoms with Gasteiger partial charge in [-0.3, -0.25) is 8.80 Å². The summed E-state index contributed by atoms with van der Waals surface area (Å²) in [7, 11) is -0.217. The molecule has 0 aliphatic heterocycles. The molecule has 0 radical (unpaired) electrons. The molecule has 58 valence electrons. The lowest BCUT2D eigenvalue weighted by Gasteiger charge is -2.25. The number of benzene rings is 1. The molecule has 1 aliphatic carbocycles. The molecule has 1 heteroatoms. The van der Waals surface area contributed by atoms with Crippen LogP contribution in [-0.4, -0.2) is 8.80 Å². The van der Waals surface area contributed by atoms with Gasteiger partial charge < -0.3 is 0 Å². The summed E-state index contributed by atoms with van der Waals surface area (Å²) in [6, 6.07) is 7.03. The Balaban J connectivity index is 2.38. The van der Waals surface area contributed by atoms with Crippen molar-refractivity contribution in [2.24, 2.45) is 0 Å². The molecular weight excluding hydrogens is 148 g/mol. The Hall–Kier alpha value is -0.563. The van der Waals surface area contributed by atoms with Crippen molar-refractivity contribution in [1.82, 2.24) is 0 Å². The van der Waals surface area contributed by atoms with E-state index in [2.05, 4.69) is 31.3 Å². The second-order valence-electron chi connectivity index (χ2n) is 3.48. The zero-order chi connectivity index (χ0) is 7.84. The number of rotatable bonds is 1. The second-order valence-corrected chi connectivity index (χ2v) is 6.06. The van der Waals surface area contributed by atoms with Crippen molar-refractivity contribution in [2.45, 2.75) is 25.9 Å². The molecule has 1 aliphatic rings. The standard InChI is InChI=1S/C10H13Si/c1-11(2)10-6-5-8-3-4-9(8)7-10/h5-7H,3-4H2,1-2H3/q-1. The van der Waals surface area contributed by atoms with Crippen molar-refractivity contribution in [1.29, 1.82) is 0 Å². The lowest BCUT2D eigenvalue weighted by atomic mass is 9.89. The van der Waals surface area contributed by atoms with Crippen molar-refractivity contribution in [3.05, 3.63) is 29.3 Å². The van der Waals surface area contributed by atoms with Gasteiger partial charge in [0.1, 0.15) is 0 Å². The molecule has 0 nitrogen and oxygen atoms in total. The van der Waals surface area contributed by atoms with Crippen molar-refractivity contribution in [2.75, 3.05) is 0 Å². The highest BCUT2D eigenvalue weighted by atomic mass is 28.3. The first-order chi connectivity index (χ1) is 5.27. The average molecular weight is 161 g/mol. The molecule has 0 N–H and O–H groups in total. The van der Waals surface area contributed by atoms with Crippen LogP contribution in [0.15, 0.2) is 18.2 Å². The minimum atomic E-state index is -0.217. The summed E-state index contributed by atoms with van der Waals surface area (Å²) in [6.07, 6.45) is 2.63. The lowest BCUT2D eigenvalue weighted by Crippen LogP contribution is -2.25. The first-order valence-corrected chi connectivity index (χ1v) is 6.70. The molecule has 0 fully saturated rings. The summed E-state index contributed by atoms with van der Waals surface area (Å²) in [6.45, 7) is 4.70. The molecule has 0 aromatic heterocycles. The van der Waals surface area contributed by atoms with Crippen LogP contribution in [0.1, 0.15) is 11.1 Å². The third kappa shape index (κ3) is 1.14. The number of fused-ring (bicyclic) bond motifs is 1. The molecule has 0 bridgehead atoms. The number of aryl methyl sites for hydroxylation is 2. The van der Waals surface area contributed by atoms with Crippen LogP contribution in [0.2, 0.25) is 13.1 Å². The van der Waals surface area contributed by atoms with Crippen molar-refractivity contribution in [3.8, 4) is 0 Å². The van der Waals surface area contributed by atoms with E-state index in [-0.39, 0.29) is 8.80 Å². The van der Waals surface area contributed by atoms with E-state index >= 15 is 0 Å². The van der Waals surface area contributed by atoms with E-state index in [9.17, 15) is 0 Å². The molecule has 0 spiro atoms. The quantitative estimate of drug-likeness (QED) is 0.550. The van der Waals surface area contributed by atoms with Gasteiger partial charge >= 0.3 is 0 Å². The first-order valence-electron chi connectivity index (χ1n) is 4.20. The summed E-state index contributed by atoms with van der Waals surface area (Å²) < 4.78 is 0. The van der Waals surface area contributed by atoms with Gasteiger partial charge in [-0.1, -0.05) is 18.2 Å². The van der Waals surface area contributed by atoms with Gasteiger partial charge in [0, 0.05) is 0 Å². The largest absolute Gasteiger partial charge is 0.292 e. The summed E-state index contributed by atoms with van der Waals surface area (Å²) in [5.41, 5.74) is 3.19. The van der Waals surface area contributed by atoms with E-state index in [1.54, 1.807) is 16.3 Å². The Labute approximate surface area is 69.9 Å². The van der Waals surface area contributed by atoms with Crippen LogP contribution in [0.3, 0.4) is 0 Å². The van der Waals surface area contributed by atoms with Gasteiger partial charge in [-0.25, -0.2) is 0 Å². The molecule has 11 heavy (non-hydrogen) atoms. The highest BCUT2D eigenvalue weighted by Crippen LogP contribution is 2.20. The van der Waals surface area contributed by atoms with Gasteiger partial charge in [-0.05, 0) is 24.0 Å². The summed E-state index contributed by atoms with van der Waals surface area (Å²) in [5.74, 6) is 0. The predicted octanol–water partition coefficient (Wildman–Crippen LogP) is 1.75. The second kappa shape index (κ2) is 2.49. The molecule has 0 heterocycles. The van der Waals surface area contributed by atoms with Gasteiger partial charge in [0.05, 0.1) is 0 Å². The van der Waals surface area contributed by atoms with Crippen LogP contribution in [0.4, 0.5) is 0 Å². The van der Waals surface area contributed by atoms with E-state index in [0.29, 0.717) is 0 Å². The Morgan fingerprint density at radius 2 is 1.82 bits per heavy atom. The highest BCUT2D eigenvalue weighted by Gasteiger charge is 2.10. The van der Waals surface area contributed by atoms with Crippen molar-refractivity contribution < 1.29 is 0 Å². The van der Waals surface area contributed by atoms with Gasteiger partial charge in [-0.15, -0.1) is 0 Å². The summed E-state index contributed by atoms with van der Waals surface area (Å²) in [5, 5.41) is 1.59.